The fraction of sp³-hybridized carbons (Fsp3) is 0.211. The molecule has 0 spiro atoms. The number of anilines is 1. The summed E-state index contributed by atoms with van der Waals surface area (Å²) in [5.74, 6) is 1.21. The third-order valence-electron chi connectivity index (χ3n) is 3.65. The maximum Gasteiger partial charge on any atom is 0.182 e. The normalized spacial score (nSPS) is 10.7. The molecule has 0 bridgehead atoms. The van der Waals surface area contributed by atoms with Gasteiger partial charge in [0.2, 0.25) is 0 Å². The first kappa shape index (κ1) is 20.1. The molecule has 0 aliphatic heterocycles. The zero-order chi connectivity index (χ0) is 19.2. The second-order valence-corrected chi connectivity index (χ2v) is 7.67. The first-order valence-corrected chi connectivity index (χ1v) is 10.2. The molecule has 0 aliphatic carbocycles. The minimum Gasteiger partial charge on any atom is -0.490 e. The molecule has 0 aliphatic rings. The van der Waals surface area contributed by atoms with Crippen LogP contribution in [0.4, 0.5) is 5.13 Å². The van der Waals surface area contributed by atoms with Gasteiger partial charge in [-0.25, -0.2) is 4.98 Å². The number of rotatable bonds is 8. The van der Waals surface area contributed by atoms with Crippen molar-refractivity contribution in [3.63, 3.8) is 0 Å². The lowest BCUT2D eigenvalue weighted by Gasteiger charge is -2.15. The van der Waals surface area contributed by atoms with Crippen LogP contribution in [-0.2, 0) is 13.2 Å². The van der Waals surface area contributed by atoms with Gasteiger partial charge in [-0.2, -0.15) is 0 Å². The second kappa shape index (κ2) is 9.51. The summed E-state index contributed by atoms with van der Waals surface area (Å²) in [6.07, 6.45) is 1.75. The largest absolute Gasteiger partial charge is 0.490 e. The van der Waals surface area contributed by atoms with Gasteiger partial charge in [0.05, 0.1) is 16.7 Å². The minimum atomic E-state index is 0.323. The molecule has 0 atom stereocenters. The third-order valence-corrected chi connectivity index (χ3v) is 5.48. The third kappa shape index (κ3) is 5.42. The lowest BCUT2D eigenvalue weighted by Crippen LogP contribution is -2.04. The van der Waals surface area contributed by atoms with Gasteiger partial charge in [-0.15, -0.1) is 11.3 Å². The van der Waals surface area contributed by atoms with Crippen LogP contribution < -0.4 is 14.8 Å². The summed E-state index contributed by atoms with van der Waals surface area (Å²) in [6, 6.07) is 9.03. The topological polar surface area (TPSA) is 43.4 Å². The van der Waals surface area contributed by atoms with Crippen LogP contribution in [0, 0.1) is 0 Å². The number of hydrogen-bond acceptors (Lipinski definition) is 5. The van der Waals surface area contributed by atoms with E-state index in [9.17, 15) is 0 Å². The van der Waals surface area contributed by atoms with E-state index in [1.165, 1.54) is 11.3 Å². The Morgan fingerprint density at radius 3 is 2.52 bits per heavy atom. The van der Waals surface area contributed by atoms with E-state index in [1.54, 1.807) is 24.4 Å². The number of halogens is 3. The Labute approximate surface area is 177 Å². The lowest BCUT2D eigenvalue weighted by molar-refractivity contribution is 0.269. The Bertz CT molecular complexity index is 904. The molecule has 27 heavy (non-hydrogen) atoms. The summed E-state index contributed by atoms with van der Waals surface area (Å²) in [4.78, 5) is 4.20. The first-order valence-electron chi connectivity index (χ1n) is 8.22. The predicted molar refractivity (Wildman–Crippen MR) is 113 cm³/mol. The van der Waals surface area contributed by atoms with E-state index >= 15 is 0 Å². The van der Waals surface area contributed by atoms with Crippen molar-refractivity contribution in [3.8, 4) is 11.5 Å². The van der Waals surface area contributed by atoms with Crippen LogP contribution in [0.15, 0.2) is 41.9 Å². The van der Waals surface area contributed by atoms with Gasteiger partial charge in [0.25, 0.3) is 0 Å². The van der Waals surface area contributed by atoms with Crippen LogP contribution in [-0.4, -0.2) is 11.6 Å². The first-order chi connectivity index (χ1) is 13.1. The van der Waals surface area contributed by atoms with Crippen molar-refractivity contribution in [3.05, 3.63) is 68.1 Å². The van der Waals surface area contributed by atoms with Crippen molar-refractivity contribution >= 4 is 51.3 Å². The van der Waals surface area contributed by atoms with Crippen LogP contribution in [0.5, 0.6) is 11.5 Å². The van der Waals surface area contributed by atoms with Gasteiger partial charge in [0, 0.05) is 29.2 Å². The van der Waals surface area contributed by atoms with Crippen molar-refractivity contribution < 1.29 is 9.47 Å². The van der Waals surface area contributed by atoms with E-state index in [2.05, 4.69) is 10.3 Å². The molecule has 0 saturated carbocycles. The Morgan fingerprint density at radius 1 is 1.00 bits per heavy atom. The fourth-order valence-corrected chi connectivity index (χ4v) is 3.43. The minimum absolute atomic E-state index is 0.323. The van der Waals surface area contributed by atoms with Crippen molar-refractivity contribution in [1.29, 1.82) is 0 Å². The van der Waals surface area contributed by atoms with Crippen molar-refractivity contribution in [2.45, 2.75) is 20.1 Å². The van der Waals surface area contributed by atoms with Crippen LogP contribution >= 0.6 is 46.1 Å². The van der Waals surface area contributed by atoms with E-state index in [0.717, 1.165) is 16.3 Å². The highest BCUT2D eigenvalue weighted by Crippen LogP contribution is 2.35. The molecule has 0 unspecified atom stereocenters. The van der Waals surface area contributed by atoms with Crippen LogP contribution in [0.3, 0.4) is 0 Å². The summed E-state index contributed by atoms with van der Waals surface area (Å²) in [7, 11) is 0. The highest BCUT2D eigenvalue weighted by molar-refractivity contribution is 7.13. The van der Waals surface area contributed by atoms with E-state index in [1.807, 2.05) is 24.4 Å². The molecule has 8 heteroatoms. The molecule has 1 aromatic heterocycles. The number of thiazole rings is 1. The maximum atomic E-state index is 6.44. The Morgan fingerprint density at radius 2 is 1.81 bits per heavy atom. The van der Waals surface area contributed by atoms with Gasteiger partial charge >= 0.3 is 0 Å². The van der Waals surface area contributed by atoms with E-state index in [4.69, 9.17) is 44.3 Å². The number of nitrogens with one attached hydrogen (secondary N) is 1. The average Bonchev–Trinajstić information content (AvgIpc) is 3.17. The molecule has 1 heterocycles. The predicted octanol–water partition coefficient (Wildman–Crippen LogP) is 6.69. The van der Waals surface area contributed by atoms with Gasteiger partial charge in [0.15, 0.2) is 16.6 Å². The van der Waals surface area contributed by atoms with E-state index in [0.29, 0.717) is 46.3 Å². The van der Waals surface area contributed by atoms with Crippen LogP contribution in [0.1, 0.15) is 18.1 Å². The summed E-state index contributed by atoms with van der Waals surface area (Å²) in [5.41, 5.74) is 1.80. The van der Waals surface area contributed by atoms with Crippen LogP contribution in [0.25, 0.3) is 0 Å². The standard InChI is InChI=1S/C19H17Cl3N2O2S/c1-2-25-17-8-13(10-24-19-23-5-6-27-19)15(21)9-18(17)26-11-12-3-4-14(20)16(22)7-12/h3-9H,2,10-11H2,1H3,(H,23,24). The summed E-state index contributed by atoms with van der Waals surface area (Å²) in [6.45, 7) is 3.30. The molecule has 0 saturated heterocycles. The van der Waals surface area contributed by atoms with Gasteiger partial charge in [-0.3, -0.25) is 0 Å². The molecular formula is C19H17Cl3N2O2S. The Hall–Kier alpha value is -1.66. The number of nitrogens with zero attached hydrogens (tertiary/aromatic N) is 1. The fourth-order valence-electron chi connectivity index (χ4n) is 2.37. The molecule has 2 aromatic carbocycles. The molecule has 1 N–H and O–H groups in total. The number of aromatic nitrogens is 1. The van der Waals surface area contributed by atoms with Crippen molar-refractivity contribution in [2.24, 2.45) is 0 Å². The number of benzene rings is 2. The zero-order valence-electron chi connectivity index (χ0n) is 14.5. The van der Waals surface area contributed by atoms with Crippen molar-refractivity contribution in [2.75, 3.05) is 11.9 Å². The highest BCUT2D eigenvalue weighted by atomic mass is 35.5. The molecule has 0 radical (unpaired) electrons. The smallest absolute Gasteiger partial charge is 0.182 e. The quantitative estimate of drug-likeness (QED) is 0.421. The highest BCUT2D eigenvalue weighted by Gasteiger charge is 2.12. The molecule has 3 aromatic rings. The van der Waals surface area contributed by atoms with Gasteiger partial charge < -0.3 is 14.8 Å². The van der Waals surface area contributed by atoms with Crippen molar-refractivity contribution in [1.82, 2.24) is 4.98 Å². The molecular weight excluding hydrogens is 427 g/mol. The zero-order valence-corrected chi connectivity index (χ0v) is 17.6. The van der Waals surface area contributed by atoms with E-state index in [-0.39, 0.29) is 0 Å². The lowest BCUT2D eigenvalue weighted by atomic mass is 10.2. The average molecular weight is 444 g/mol. The molecule has 3 rings (SSSR count). The maximum absolute atomic E-state index is 6.44. The van der Waals surface area contributed by atoms with Crippen LogP contribution in [0.2, 0.25) is 15.1 Å². The molecule has 142 valence electrons. The summed E-state index contributed by atoms with van der Waals surface area (Å²) in [5, 5.41) is 7.58. The summed E-state index contributed by atoms with van der Waals surface area (Å²) >= 11 is 20.0. The second-order valence-electron chi connectivity index (χ2n) is 5.55. The Kier molecular flexibility index (Phi) is 7.07. The molecule has 4 nitrogen and oxygen atoms in total. The SMILES string of the molecule is CCOc1cc(CNc2nccs2)c(Cl)cc1OCc1ccc(Cl)c(Cl)c1. The summed E-state index contributed by atoms with van der Waals surface area (Å²) < 4.78 is 11.6. The number of ether oxygens (including phenoxy) is 2. The molecule has 0 amide bonds. The van der Waals surface area contributed by atoms with Gasteiger partial charge in [0.1, 0.15) is 6.61 Å². The Balaban J connectivity index is 1.75. The van der Waals surface area contributed by atoms with Gasteiger partial charge in [-0.1, -0.05) is 40.9 Å². The van der Waals surface area contributed by atoms with Gasteiger partial charge in [-0.05, 0) is 36.2 Å². The number of hydrogen-bond donors (Lipinski definition) is 1. The van der Waals surface area contributed by atoms with E-state index < -0.39 is 0 Å². The monoisotopic (exact) mass is 442 g/mol. The molecule has 0 fully saturated rings.